The van der Waals surface area contributed by atoms with Crippen molar-refractivity contribution >= 4 is 0 Å². The molecule has 0 bridgehead atoms. The lowest BCUT2D eigenvalue weighted by molar-refractivity contribution is 0.479. The van der Waals surface area contributed by atoms with E-state index in [-0.39, 0.29) is 0 Å². The van der Waals surface area contributed by atoms with E-state index in [4.69, 9.17) is 5.73 Å². The van der Waals surface area contributed by atoms with Gasteiger partial charge in [0.15, 0.2) is 0 Å². The second-order valence-corrected chi connectivity index (χ2v) is 3.81. The Morgan fingerprint density at radius 1 is 1.58 bits per heavy atom. The molecule has 1 aromatic heterocycles. The van der Waals surface area contributed by atoms with Crippen molar-refractivity contribution in [1.82, 2.24) is 10.2 Å². The van der Waals surface area contributed by atoms with Crippen molar-refractivity contribution in [2.24, 2.45) is 11.1 Å². The van der Waals surface area contributed by atoms with E-state index in [0.29, 0.717) is 5.41 Å². The summed E-state index contributed by atoms with van der Waals surface area (Å²) in [6.45, 7) is 0.852. The van der Waals surface area contributed by atoms with Crippen molar-refractivity contribution in [3.05, 3.63) is 18.0 Å². The van der Waals surface area contributed by atoms with Crippen LogP contribution in [0.1, 0.15) is 24.8 Å². The molecule has 0 spiro atoms. The topological polar surface area (TPSA) is 54.7 Å². The Morgan fingerprint density at radius 3 is 2.92 bits per heavy atom. The van der Waals surface area contributed by atoms with Crippen LogP contribution in [0.25, 0.3) is 0 Å². The van der Waals surface area contributed by atoms with Gasteiger partial charge in [0.2, 0.25) is 0 Å². The predicted molar refractivity (Wildman–Crippen MR) is 47.6 cm³/mol. The molecule has 3 N–H and O–H groups in total. The van der Waals surface area contributed by atoms with E-state index in [1.165, 1.54) is 24.8 Å². The minimum absolute atomic E-state index is 0.497. The van der Waals surface area contributed by atoms with Crippen LogP contribution in [0.2, 0.25) is 0 Å². The Balaban J connectivity index is 1.83. The van der Waals surface area contributed by atoms with Gasteiger partial charge in [-0.05, 0) is 43.2 Å². The molecule has 1 heterocycles. The van der Waals surface area contributed by atoms with Gasteiger partial charge in [0, 0.05) is 6.20 Å². The average Bonchev–Trinajstić information content (AvgIpc) is 2.70. The van der Waals surface area contributed by atoms with Gasteiger partial charge in [-0.3, -0.25) is 5.10 Å². The lowest BCUT2D eigenvalue weighted by Crippen LogP contribution is -2.15. The zero-order valence-electron chi connectivity index (χ0n) is 7.21. The summed E-state index contributed by atoms with van der Waals surface area (Å²) in [5, 5.41) is 6.74. The number of aromatic amines is 1. The van der Waals surface area contributed by atoms with Gasteiger partial charge in [0.1, 0.15) is 0 Å². The van der Waals surface area contributed by atoms with Crippen LogP contribution in [-0.4, -0.2) is 16.7 Å². The Bertz CT molecular complexity index is 236. The van der Waals surface area contributed by atoms with Crippen LogP contribution in [-0.2, 0) is 6.42 Å². The summed E-state index contributed by atoms with van der Waals surface area (Å²) in [6, 6.07) is 0. The molecular formula is C9H15N3. The summed E-state index contributed by atoms with van der Waals surface area (Å²) in [6.07, 6.45) is 8.85. The van der Waals surface area contributed by atoms with Gasteiger partial charge in [-0.15, -0.1) is 0 Å². The smallest absolute Gasteiger partial charge is 0.0519 e. The van der Waals surface area contributed by atoms with Gasteiger partial charge >= 0.3 is 0 Å². The highest BCUT2D eigenvalue weighted by atomic mass is 15.1. The van der Waals surface area contributed by atoms with Crippen LogP contribution in [0.3, 0.4) is 0 Å². The Kier molecular flexibility index (Phi) is 1.89. The molecule has 1 saturated carbocycles. The molecule has 0 aliphatic heterocycles. The van der Waals surface area contributed by atoms with E-state index in [1.54, 1.807) is 0 Å². The first-order valence-corrected chi connectivity index (χ1v) is 4.52. The molecule has 0 unspecified atom stereocenters. The minimum Gasteiger partial charge on any atom is -0.330 e. The number of nitrogens with one attached hydrogen (secondary N) is 1. The molecule has 1 aromatic rings. The molecule has 3 nitrogen and oxygen atoms in total. The van der Waals surface area contributed by atoms with Crippen molar-refractivity contribution in [1.29, 1.82) is 0 Å². The largest absolute Gasteiger partial charge is 0.330 e. The van der Waals surface area contributed by atoms with Crippen molar-refractivity contribution in [3.63, 3.8) is 0 Å². The highest BCUT2D eigenvalue weighted by molar-refractivity contribution is 5.05. The summed E-state index contributed by atoms with van der Waals surface area (Å²) in [4.78, 5) is 0. The Labute approximate surface area is 72.4 Å². The number of aryl methyl sites for hydroxylation is 1. The fraction of sp³-hybridized carbons (Fsp3) is 0.667. The monoisotopic (exact) mass is 165 g/mol. The van der Waals surface area contributed by atoms with E-state index < -0.39 is 0 Å². The maximum Gasteiger partial charge on any atom is 0.0519 e. The molecule has 0 saturated heterocycles. The van der Waals surface area contributed by atoms with E-state index >= 15 is 0 Å². The fourth-order valence-corrected chi connectivity index (χ4v) is 1.56. The van der Waals surface area contributed by atoms with E-state index in [2.05, 4.69) is 10.2 Å². The lowest BCUT2D eigenvalue weighted by atomic mass is 9.98. The highest BCUT2D eigenvalue weighted by Crippen LogP contribution is 2.48. The van der Waals surface area contributed by atoms with Crippen molar-refractivity contribution in [2.75, 3.05) is 6.54 Å². The first-order chi connectivity index (χ1) is 5.85. The summed E-state index contributed by atoms with van der Waals surface area (Å²) in [5.41, 5.74) is 7.48. The molecule has 2 rings (SSSR count). The molecule has 0 amide bonds. The number of H-pyrrole nitrogens is 1. The standard InChI is InChI=1S/C9H15N3/c10-7-9(3-4-9)2-1-8-5-11-12-6-8/h5-6H,1-4,7,10H2,(H,11,12). The first kappa shape index (κ1) is 7.80. The van der Waals surface area contributed by atoms with E-state index in [1.807, 2.05) is 12.4 Å². The fourth-order valence-electron chi connectivity index (χ4n) is 1.56. The third-order valence-electron chi connectivity index (χ3n) is 2.89. The molecule has 1 aliphatic carbocycles. The van der Waals surface area contributed by atoms with Crippen LogP contribution in [0.4, 0.5) is 0 Å². The van der Waals surface area contributed by atoms with Crippen molar-refractivity contribution < 1.29 is 0 Å². The van der Waals surface area contributed by atoms with Crippen molar-refractivity contribution in [3.8, 4) is 0 Å². The first-order valence-electron chi connectivity index (χ1n) is 4.52. The maximum atomic E-state index is 5.68. The van der Waals surface area contributed by atoms with Crippen LogP contribution >= 0.6 is 0 Å². The molecule has 3 heteroatoms. The predicted octanol–water partition coefficient (Wildman–Crippen LogP) is 1.08. The summed E-state index contributed by atoms with van der Waals surface area (Å²) < 4.78 is 0. The van der Waals surface area contributed by atoms with Crippen LogP contribution in [0, 0.1) is 5.41 Å². The van der Waals surface area contributed by atoms with Gasteiger partial charge < -0.3 is 5.73 Å². The third kappa shape index (κ3) is 1.50. The number of hydrogen-bond donors (Lipinski definition) is 2. The van der Waals surface area contributed by atoms with Crippen LogP contribution < -0.4 is 5.73 Å². The summed E-state index contributed by atoms with van der Waals surface area (Å²) in [7, 11) is 0. The second-order valence-electron chi connectivity index (χ2n) is 3.81. The SMILES string of the molecule is NCC1(CCc2cn[nH]c2)CC1. The van der Waals surface area contributed by atoms with Gasteiger partial charge in [0.05, 0.1) is 6.20 Å². The summed E-state index contributed by atoms with van der Waals surface area (Å²) in [5.74, 6) is 0. The summed E-state index contributed by atoms with van der Waals surface area (Å²) >= 11 is 0. The lowest BCUT2D eigenvalue weighted by Gasteiger charge is -2.09. The number of hydrogen-bond acceptors (Lipinski definition) is 2. The third-order valence-corrected chi connectivity index (χ3v) is 2.89. The minimum atomic E-state index is 0.497. The molecule has 0 radical (unpaired) electrons. The van der Waals surface area contributed by atoms with Crippen molar-refractivity contribution in [2.45, 2.75) is 25.7 Å². The highest BCUT2D eigenvalue weighted by Gasteiger charge is 2.40. The Morgan fingerprint density at radius 2 is 2.42 bits per heavy atom. The quantitative estimate of drug-likeness (QED) is 0.701. The molecule has 0 atom stereocenters. The maximum absolute atomic E-state index is 5.68. The van der Waals surface area contributed by atoms with Gasteiger partial charge in [0.25, 0.3) is 0 Å². The molecular weight excluding hydrogens is 150 g/mol. The molecule has 1 aliphatic rings. The van der Waals surface area contributed by atoms with E-state index in [9.17, 15) is 0 Å². The normalized spacial score (nSPS) is 19.4. The number of aromatic nitrogens is 2. The van der Waals surface area contributed by atoms with Gasteiger partial charge in [-0.2, -0.15) is 5.10 Å². The molecule has 66 valence electrons. The number of nitrogens with two attached hydrogens (primary N) is 1. The van der Waals surface area contributed by atoms with Crippen LogP contribution in [0.5, 0.6) is 0 Å². The second kappa shape index (κ2) is 2.90. The molecule has 0 aromatic carbocycles. The van der Waals surface area contributed by atoms with Gasteiger partial charge in [-0.25, -0.2) is 0 Å². The molecule has 1 fully saturated rings. The number of nitrogens with zero attached hydrogens (tertiary/aromatic N) is 1. The van der Waals surface area contributed by atoms with Gasteiger partial charge in [-0.1, -0.05) is 0 Å². The number of rotatable bonds is 4. The zero-order valence-corrected chi connectivity index (χ0v) is 7.21. The Hall–Kier alpha value is -0.830. The molecule has 12 heavy (non-hydrogen) atoms. The average molecular weight is 165 g/mol. The van der Waals surface area contributed by atoms with E-state index in [0.717, 1.165) is 13.0 Å². The zero-order chi connectivity index (χ0) is 8.44. The van der Waals surface area contributed by atoms with Crippen LogP contribution in [0.15, 0.2) is 12.4 Å².